The van der Waals surface area contributed by atoms with E-state index in [0.717, 1.165) is 35.0 Å². The van der Waals surface area contributed by atoms with Gasteiger partial charge in [-0.3, -0.25) is 4.79 Å². The molecule has 0 radical (unpaired) electrons. The van der Waals surface area contributed by atoms with Crippen LogP contribution < -0.4 is 53.6 Å². The fourth-order valence-corrected chi connectivity index (χ4v) is 13.5. The Balaban J connectivity index is 0.000000307. The Bertz CT molecular complexity index is 2330. The molecule has 0 saturated carbocycles. The van der Waals surface area contributed by atoms with Crippen LogP contribution in [-0.2, 0) is 33.3 Å². The van der Waals surface area contributed by atoms with Crippen molar-refractivity contribution in [1.29, 1.82) is 0 Å². The van der Waals surface area contributed by atoms with Crippen molar-refractivity contribution in [1.82, 2.24) is 0 Å². The smallest absolute Gasteiger partial charge is 0.550 e. The Morgan fingerprint density at radius 1 is 0.840 bits per heavy atom. The van der Waals surface area contributed by atoms with Gasteiger partial charge in [0.2, 0.25) is 5.79 Å². The minimum atomic E-state index is -1.37. The zero-order chi connectivity index (χ0) is 53.7. The van der Waals surface area contributed by atoms with Gasteiger partial charge in [-0.2, -0.15) is 0 Å². The summed E-state index contributed by atoms with van der Waals surface area (Å²) in [6.45, 7) is 20.1. The molecule has 20 unspecified atom stereocenters. The molecular weight excluding hydrogens is 972 g/mol. The summed E-state index contributed by atoms with van der Waals surface area (Å²) in [5.74, 6) is -2.67. The number of carbonyl (C=O) groups excluding carboxylic acids is 2. The standard InChI is InChI=1S/C42H70O11.C17H16O4.Na/c1-11-29(38(46)47)31-15-14-23(4)36(50-31)27(8)34(44)26(7)35(45)30(12-2)37-24(5)22-25(6)41(51-37)19-16-32(43)42(53-41)21-20-39(10,52-42)33-17-18-40(48,13-3)28(9)49-33;1-18-10-4-6-13-15(7-10)20-9-14-12-5-3-11(19-2)8-16(12)21-17(13)14;/h16,19,23-34,36-37,43-44,48H,11-15,17-18,20-22H2,1-10H3,(H,46,47);3-8,14,17H,9H2,1-2H3;/q;;+1/p-1. The van der Waals surface area contributed by atoms with Crippen LogP contribution in [-0.4, -0.2) is 113 Å². The summed E-state index contributed by atoms with van der Waals surface area (Å²) in [5, 5.41) is 46.0. The summed E-state index contributed by atoms with van der Waals surface area (Å²) in [5.41, 5.74) is 0.618. The molecule has 75 heavy (non-hydrogen) atoms. The van der Waals surface area contributed by atoms with Crippen molar-refractivity contribution < 1.29 is 102 Å². The number of aliphatic hydroxyl groups is 3. The fraction of sp³-hybridized carbons (Fsp3) is 0.729. The van der Waals surface area contributed by atoms with Crippen LogP contribution in [0.1, 0.15) is 157 Å². The largest absolute Gasteiger partial charge is 1.00 e. The first kappa shape index (κ1) is 59.9. The number of Topliss-reactive ketones (excluding diaryl/α,β-unsaturated/α-hetero) is 1. The van der Waals surface area contributed by atoms with Gasteiger partial charge in [0.25, 0.3) is 0 Å². The number of hydrogen-bond acceptors (Lipinski definition) is 15. The summed E-state index contributed by atoms with van der Waals surface area (Å²) in [6.07, 6.45) is 5.22. The molecule has 0 amide bonds. The van der Waals surface area contributed by atoms with Gasteiger partial charge in [-0.15, -0.1) is 0 Å². The Hall–Kier alpha value is -2.80. The zero-order valence-electron chi connectivity index (χ0n) is 46.9. The Labute approximate surface area is 467 Å². The molecule has 4 saturated heterocycles. The van der Waals surface area contributed by atoms with Gasteiger partial charge in [0.1, 0.15) is 41.0 Å². The average molecular weight is 1060 g/mol. The Morgan fingerprint density at radius 2 is 1.51 bits per heavy atom. The normalized spacial score (nSPS) is 38.6. The molecule has 9 rings (SSSR count). The van der Waals surface area contributed by atoms with Gasteiger partial charge in [-0.05, 0) is 114 Å². The molecule has 15 nitrogen and oxygen atoms in total. The third-order valence-corrected chi connectivity index (χ3v) is 18.6. The van der Waals surface area contributed by atoms with Crippen molar-refractivity contribution in [3.63, 3.8) is 0 Å². The number of carboxylic acid groups (broad SMARTS) is 1. The number of hydrogen-bond donors (Lipinski definition) is 3. The number of methoxy groups -OCH3 is 2. The maximum atomic E-state index is 14.4. The van der Waals surface area contributed by atoms with Crippen LogP contribution in [0.25, 0.3) is 0 Å². The van der Waals surface area contributed by atoms with Gasteiger partial charge in [-0.1, -0.05) is 61.5 Å². The number of ketones is 1. The number of fused-ring (bicyclic) bond motifs is 5. The molecule has 7 aliphatic rings. The summed E-state index contributed by atoms with van der Waals surface area (Å²) >= 11 is 0. The predicted octanol–water partition coefficient (Wildman–Crippen LogP) is 5.17. The fourth-order valence-electron chi connectivity index (χ4n) is 13.5. The third-order valence-electron chi connectivity index (χ3n) is 18.6. The van der Waals surface area contributed by atoms with E-state index in [1.54, 1.807) is 33.3 Å². The molecule has 2 aromatic carbocycles. The first-order chi connectivity index (χ1) is 35.1. The molecule has 7 aliphatic heterocycles. The van der Waals surface area contributed by atoms with Crippen molar-refractivity contribution in [2.24, 2.45) is 41.4 Å². The van der Waals surface area contributed by atoms with Crippen LogP contribution in [0, 0.1) is 41.4 Å². The molecule has 3 N–H and O–H groups in total. The maximum Gasteiger partial charge on any atom is 1.00 e. The zero-order valence-corrected chi connectivity index (χ0v) is 48.9. The second-order valence-electron chi connectivity index (χ2n) is 23.2. The first-order valence-corrected chi connectivity index (χ1v) is 27.7. The maximum absolute atomic E-state index is 14.4. The molecule has 2 aromatic rings. The van der Waals surface area contributed by atoms with Crippen LogP contribution in [0.3, 0.4) is 0 Å². The second kappa shape index (κ2) is 23.9. The van der Waals surface area contributed by atoms with Gasteiger partial charge in [-0.25, -0.2) is 0 Å². The van der Waals surface area contributed by atoms with E-state index in [2.05, 4.69) is 26.8 Å². The number of aliphatic carboxylic acids is 1. The molecule has 20 atom stereocenters. The number of ether oxygens (including phenoxy) is 9. The number of aliphatic hydroxyl groups excluding tert-OH is 2. The molecule has 412 valence electrons. The van der Waals surface area contributed by atoms with Gasteiger partial charge < -0.3 is 67.9 Å². The van der Waals surface area contributed by atoms with Crippen LogP contribution >= 0.6 is 0 Å². The van der Waals surface area contributed by atoms with Crippen molar-refractivity contribution in [3.8, 4) is 23.0 Å². The van der Waals surface area contributed by atoms with Gasteiger partial charge in [0.05, 0.1) is 74.6 Å². The van der Waals surface area contributed by atoms with E-state index >= 15 is 0 Å². The minimum Gasteiger partial charge on any atom is -0.550 e. The second-order valence-corrected chi connectivity index (χ2v) is 23.2. The van der Waals surface area contributed by atoms with Crippen LogP contribution in [0.15, 0.2) is 48.6 Å². The third kappa shape index (κ3) is 11.5. The SMILES string of the molecule is CCC(C(=O)[O-])C1CCC(C)C(C(C)C(O)C(C)C(=O)C(CC)C2OC3(C=CC(O)C4(CCC(C)(C5CCC(O)(CC)C(C)O5)O4)O3)C(C)CC2C)O1.COc1ccc2c(c1)OC1c3ccc(OC)cc3OCC21.[Na+]. The van der Waals surface area contributed by atoms with Crippen molar-refractivity contribution in [2.75, 3.05) is 20.8 Å². The quantitative estimate of drug-likeness (QED) is 0.165. The van der Waals surface area contributed by atoms with E-state index in [9.17, 15) is 30.0 Å². The number of rotatable bonds is 14. The molecule has 16 heteroatoms. The van der Waals surface area contributed by atoms with Crippen molar-refractivity contribution >= 4 is 11.8 Å². The first-order valence-electron chi connectivity index (χ1n) is 27.7. The number of benzene rings is 2. The molecule has 0 aromatic heterocycles. The van der Waals surface area contributed by atoms with Crippen LogP contribution in [0.4, 0.5) is 0 Å². The Kier molecular flexibility index (Phi) is 19.1. The summed E-state index contributed by atoms with van der Waals surface area (Å²) in [7, 11) is 3.32. The van der Waals surface area contributed by atoms with E-state index < -0.39 is 82.9 Å². The molecule has 7 heterocycles. The van der Waals surface area contributed by atoms with E-state index in [0.29, 0.717) is 64.4 Å². The van der Waals surface area contributed by atoms with Crippen LogP contribution in [0.5, 0.6) is 23.0 Å². The van der Waals surface area contributed by atoms with Gasteiger partial charge >= 0.3 is 29.6 Å². The molecular formula is C59H85NaO15. The molecule has 0 aliphatic carbocycles. The summed E-state index contributed by atoms with van der Waals surface area (Å²) in [4.78, 5) is 26.2. The predicted molar refractivity (Wildman–Crippen MR) is 274 cm³/mol. The van der Waals surface area contributed by atoms with Crippen molar-refractivity contribution in [3.05, 3.63) is 59.7 Å². The molecule has 0 bridgehead atoms. The van der Waals surface area contributed by atoms with Gasteiger partial charge in [0, 0.05) is 65.2 Å². The number of carbonyl (C=O) groups is 2. The van der Waals surface area contributed by atoms with E-state index in [1.165, 1.54) is 5.56 Å². The van der Waals surface area contributed by atoms with Crippen molar-refractivity contribution in [2.45, 2.75) is 211 Å². The van der Waals surface area contributed by atoms with E-state index in [1.807, 2.05) is 71.9 Å². The molecule has 4 fully saturated rings. The minimum absolute atomic E-state index is 0. The van der Waals surface area contributed by atoms with Crippen LogP contribution in [0.2, 0.25) is 0 Å². The Morgan fingerprint density at radius 3 is 2.13 bits per heavy atom. The summed E-state index contributed by atoms with van der Waals surface area (Å²) < 4.78 is 56.0. The topological polar surface area (TPSA) is 201 Å². The average Bonchev–Trinajstić information content (AvgIpc) is 3.95. The van der Waals surface area contributed by atoms with Gasteiger partial charge in [0.15, 0.2) is 5.79 Å². The number of carboxylic acids is 1. The monoisotopic (exact) mass is 1060 g/mol. The molecule has 2 spiro atoms. The van der Waals surface area contributed by atoms with E-state index in [-0.39, 0.29) is 77.3 Å². The summed E-state index contributed by atoms with van der Waals surface area (Å²) in [6, 6.07) is 11.9. The van der Waals surface area contributed by atoms with E-state index in [4.69, 9.17) is 42.6 Å².